The third-order valence-corrected chi connectivity index (χ3v) is 2.96. The van der Waals surface area contributed by atoms with Gasteiger partial charge in [-0.2, -0.15) is 0 Å². The molecule has 1 heterocycles. The molecule has 2 nitrogen and oxygen atoms in total. The number of hydrogen-bond donors (Lipinski definition) is 0. The molecule has 1 aromatic carbocycles. The zero-order valence-electron chi connectivity index (χ0n) is 9.70. The molecule has 3 heteroatoms. The summed E-state index contributed by atoms with van der Waals surface area (Å²) in [6, 6.07) is 7.46. The van der Waals surface area contributed by atoms with E-state index in [1.807, 2.05) is 32.0 Å². The lowest BCUT2D eigenvalue weighted by molar-refractivity contribution is 0.103. The van der Waals surface area contributed by atoms with Gasteiger partial charge in [0.2, 0.25) is 0 Å². The van der Waals surface area contributed by atoms with Crippen molar-refractivity contribution in [1.29, 1.82) is 0 Å². The average molecular weight is 246 g/mol. The van der Waals surface area contributed by atoms with Gasteiger partial charge in [0.25, 0.3) is 0 Å². The van der Waals surface area contributed by atoms with E-state index in [4.69, 9.17) is 11.6 Å². The minimum absolute atomic E-state index is 0.0569. The van der Waals surface area contributed by atoms with Gasteiger partial charge in [-0.15, -0.1) is 0 Å². The maximum atomic E-state index is 12.3. The Kier molecular flexibility index (Phi) is 3.25. The van der Waals surface area contributed by atoms with Crippen LogP contribution in [-0.4, -0.2) is 10.8 Å². The van der Waals surface area contributed by atoms with Gasteiger partial charge in [-0.3, -0.25) is 9.78 Å². The summed E-state index contributed by atoms with van der Waals surface area (Å²) in [5.41, 5.74) is 3.20. The second-order valence-corrected chi connectivity index (χ2v) is 4.41. The second-order valence-electron chi connectivity index (χ2n) is 4.00. The van der Waals surface area contributed by atoms with Crippen LogP contribution in [0, 0.1) is 13.8 Å². The van der Waals surface area contributed by atoms with Gasteiger partial charge in [-0.1, -0.05) is 29.3 Å². The smallest absolute Gasteiger partial charge is 0.194 e. The van der Waals surface area contributed by atoms with Crippen molar-refractivity contribution in [3.63, 3.8) is 0 Å². The van der Waals surface area contributed by atoms with Crippen LogP contribution in [0.25, 0.3) is 0 Å². The van der Waals surface area contributed by atoms with Crippen molar-refractivity contribution in [3.8, 4) is 0 Å². The first kappa shape index (κ1) is 11.8. The van der Waals surface area contributed by atoms with Crippen molar-refractivity contribution >= 4 is 17.4 Å². The molecule has 0 aliphatic carbocycles. The molecule has 0 radical (unpaired) electrons. The van der Waals surface area contributed by atoms with Crippen molar-refractivity contribution in [2.45, 2.75) is 13.8 Å². The summed E-state index contributed by atoms with van der Waals surface area (Å²) < 4.78 is 0. The molecule has 86 valence electrons. The Morgan fingerprint density at radius 3 is 2.65 bits per heavy atom. The van der Waals surface area contributed by atoms with Crippen LogP contribution in [0.3, 0.4) is 0 Å². The highest BCUT2D eigenvalue weighted by atomic mass is 35.5. The summed E-state index contributed by atoms with van der Waals surface area (Å²) in [4.78, 5) is 16.2. The highest BCUT2D eigenvalue weighted by Gasteiger charge is 2.14. The van der Waals surface area contributed by atoms with Crippen molar-refractivity contribution in [1.82, 2.24) is 4.98 Å². The zero-order valence-corrected chi connectivity index (χ0v) is 10.5. The Bertz CT molecular complexity index is 578. The quantitative estimate of drug-likeness (QED) is 0.757. The summed E-state index contributed by atoms with van der Waals surface area (Å²) in [7, 11) is 0. The molecular formula is C14H12ClNO. The lowest BCUT2D eigenvalue weighted by atomic mass is 9.98. The highest BCUT2D eigenvalue weighted by Crippen LogP contribution is 2.20. The molecule has 2 aromatic rings. The Morgan fingerprint density at radius 1 is 1.18 bits per heavy atom. The molecule has 0 amide bonds. The van der Waals surface area contributed by atoms with Crippen LogP contribution in [0.15, 0.2) is 36.7 Å². The van der Waals surface area contributed by atoms with Crippen LogP contribution in [0.2, 0.25) is 5.02 Å². The number of halogens is 1. The number of aromatic nitrogens is 1. The minimum atomic E-state index is -0.0569. The maximum Gasteiger partial charge on any atom is 0.194 e. The van der Waals surface area contributed by atoms with Crippen molar-refractivity contribution in [2.75, 3.05) is 0 Å². The van der Waals surface area contributed by atoms with E-state index in [0.29, 0.717) is 16.1 Å². The topological polar surface area (TPSA) is 30.0 Å². The lowest BCUT2D eigenvalue weighted by Crippen LogP contribution is -2.05. The number of nitrogens with zero attached hydrogens (tertiary/aromatic N) is 1. The Morgan fingerprint density at radius 2 is 1.94 bits per heavy atom. The number of ketones is 1. The summed E-state index contributed by atoms with van der Waals surface area (Å²) in [5.74, 6) is -0.0569. The molecule has 0 fully saturated rings. The molecule has 0 atom stereocenters. The Labute approximate surface area is 105 Å². The number of rotatable bonds is 2. The fraction of sp³-hybridized carbons (Fsp3) is 0.143. The van der Waals surface area contributed by atoms with E-state index in [1.165, 1.54) is 6.20 Å². The second kappa shape index (κ2) is 4.68. The summed E-state index contributed by atoms with van der Waals surface area (Å²) >= 11 is 5.98. The molecule has 1 aromatic heterocycles. The van der Waals surface area contributed by atoms with Crippen LogP contribution < -0.4 is 0 Å². The molecule has 0 saturated carbocycles. The number of pyridine rings is 1. The SMILES string of the molecule is Cc1ccc(C)c(C(=O)c2ccncc2Cl)c1. The number of carbonyl (C=O) groups excluding carboxylic acids is 1. The first-order chi connectivity index (χ1) is 8.09. The van der Waals surface area contributed by atoms with Gasteiger partial charge in [0.15, 0.2) is 5.78 Å². The van der Waals surface area contributed by atoms with Gasteiger partial charge in [-0.05, 0) is 31.5 Å². The summed E-state index contributed by atoms with van der Waals surface area (Å²) in [6.45, 7) is 3.88. The van der Waals surface area contributed by atoms with E-state index in [-0.39, 0.29) is 5.78 Å². The van der Waals surface area contributed by atoms with E-state index in [1.54, 1.807) is 12.3 Å². The van der Waals surface area contributed by atoms with Crippen LogP contribution in [0.5, 0.6) is 0 Å². The standard InChI is InChI=1S/C14H12ClNO/c1-9-3-4-10(2)12(7-9)14(17)11-5-6-16-8-13(11)15/h3-8H,1-2H3. The van der Waals surface area contributed by atoms with Crippen LogP contribution in [0.4, 0.5) is 0 Å². The Hall–Kier alpha value is -1.67. The molecule has 0 N–H and O–H groups in total. The van der Waals surface area contributed by atoms with Gasteiger partial charge >= 0.3 is 0 Å². The predicted molar refractivity (Wildman–Crippen MR) is 68.6 cm³/mol. The molecule has 0 aliphatic rings. The summed E-state index contributed by atoms with van der Waals surface area (Å²) in [5, 5.41) is 0.387. The van der Waals surface area contributed by atoms with Gasteiger partial charge in [0.05, 0.1) is 5.02 Å². The van der Waals surface area contributed by atoms with Crippen LogP contribution >= 0.6 is 11.6 Å². The van der Waals surface area contributed by atoms with E-state index < -0.39 is 0 Å². The Balaban J connectivity index is 2.51. The lowest BCUT2D eigenvalue weighted by Gasteiger charge is -2.07. The third kappa shape index (κ3) is 2.37. The largest absolute Gasteiger partial charge is 0.289 e. The number of hydrogen-bond acceptors (Lipinski definition) is 2. The first-order valence-electron chi connectivity index (χ1n) is 5.31. The van der Waals surface area contributed by atoms with Gasteiger partial charge in [0.1, 0.15) is 0 Å². The number of benzene rings is 1. The van der Waals surface area contributed by atoms with Gasteiger partial charge in [-0.25, -0.2) is 0 Å². The fourth-order valence-corrected chi connectivity index (χ4v) is 1.89. The van der Waals surface area contributed by atoms with Crippen molar-refractivity contribution in [2.24, 2.45) is 0 Å². The molecule has 17 heavy (non-hydrogen) atoms. The molecule has 0 saturated heterocycles. The van der Waals surface area contributed by atoms with Crippen molar-refractivity contribution in [3.05, 3.63) is 63.9 Å². The van der Waals surface area contributed by atoms with Gasteiger partial charge < -0.3 is 0 Å². The first-order valence-corrected chi connectivity index (χ1v) is 5.69. The zero-order chi connectivity index (χ0) is 12.4. The molecule has 2 rings (SSSR count). The average Bonchev–Trinajstić information content (AvgIpc) is 2.32. The van der Waals surface area contributed by atoms with Gasteiger partial charge in [0, 0.05) is 23.5 Å². The maximum absolute atomic E-state index is 12.3. The number of carbonyl (C=O) groups is 1. The minimum Gasteiger partial charge on any atom is -0.289 e. The van der Waals surface area contributed by atoms with Crippen LogP contribution in [-0.2, 0) is 0 Å². The van der Waals surface area contributed by atoms with E-state index in [0.717, 1.165) is 11.1 Å². The van der Waals surface area contributed by atoms with E-state index in [2.05, 4.69) is 4.98 Å². The number of aryl methyl sites for hydroxylation is 2. The predicted octanol–water partition coefficient (Wildman–Crippen LogP) is 3.58. The molecule has 0 aliphatic heterocycles. The third-order valence-electron chi connectivity index (χ3n) is 2.65. The highest BCUT2D eigenvalue weighted by molar-refractivity contribution is 6.34. The molecular weight excluding hydrogens is 234 g/mol. The van der Waals surface area contributed by atoms with E-state index >= 15 is 0 Å². The van der Waals surface area contributed by atoms with Crippen molar-refractivity contribution < 1.29 is 4.79 Å². The van der Waals surface area contributed by atoms with Crippen LogP contribution in [0.1, 0.15) is 27.0 Å². The monoisotopic (exact) mass is 245 g/mol. The normalized spacial score (nSPS) is 10.3. The fourth-order valence-electron chi connectivity index (χ4n) is 1.68. The van der Waals surface area contributed by atoms with E-state index in [9.17, 15) is 4.79 Å². The summed E-state index contributed by atoms with van der Waals surface area (Å²) in [6.07, 6.45) is 3.06. The molecule has 0 unspecified atom stereocenters. The molecule has 0 spiro atoms. The molecule has 0 bridgehead atoms.